The van der Waals surface area contributed by atoms with E-state index in [0.29, 0.717) is 11.5 Å². The van der Waals surface area contributed by atoms with Gasteiger partial charge >= 0.3 is 0 Å². The van der Waals surface area contributed by atoms with Crippen LogP contribution in [0.25, 0.3) is 6.08 Å². The van der Waals surface area contributed by atoms with Gasteiger partial charge in [0.2, 0.25) is 15.9 Å². The van der Waals surface area contributed by atoms with Gasteiger partial charge in [0.1, 0.15) is 11.5 Å². The highest BCUT2D eigenvalue weighted by molar-refractivity contribution is 7.88. The van der Waals surface area contributed by atoms with Gasteiger partial charge in [0.05, 0.1) is 18.8 Å². The minimum absolute atomic E-state index is 0.118. The van der Waals surface area contributed by atoms with Gasteiger partial charge < -0.3 is 9.73 Å². The van der Waals surface area contributed by atoms with Crippen molar-refractivity contribution >= 4 is 22.0 Å². The second-order valence-electron chi connectivity index (χ2n) is 7.18. The lowest BCUT2D eigenvalue weighted by Crippen LogP contribution is -2.25. The average Bonchev–Trinajstić information content (AvgIpc) is 3.02. The van der Waals surface area contributed by atoms with E-state index in [9.17, 15) is 13.2 Å². The number of amides is 1. The number of aryl methyl sites for hydroxylation is 3. The molecule has 0 aliphatic carbocycles. The number of rotatable bonds is 7. The summed E-state index contributed by atoms with van der Waals surface area (Å²) in [5.41, 5.74) is 4.66. The number of carbonyl (C=O) groups excluding carboxylic acids is 1. The van der Waals surface area contributed by atoms with Crippen molar-refractivity contribution in [2.45, 2.75) is 40.3 Å². The molecule has 1 aromatic carbocycles. The van der Waals surface area contributed by atoms with E-state index in [1.54, 1.807) is 18.2 Å². The SMILES string of the molecule is Cc1cc(C)c([C@H](C)NC(=O)/C=C/c2ccc(CN(C)S(C)(=O)=O)o2)cc1C. The Morgan fingerprint density at radius 2 is 1.82 bits per heavy atom. The number of nitrogens with zero attached hydrogens (tertiary/aromatic N) is 1. The van der Waals surface area contributed by atoms with Crippen molar-refractivity contribution < 1.29 is 17.6 Å². The number of nitrogens with one attached hydrogen (secondary N) is 1. The first kappa shape index (κ1) is 21.9. The van der Waals surface area contributed by atoms with Crippen LogP contribution in [0.4, 0.5) is 0 Å². The summed E-state index contributed by atoms with van der Waals surface area (Å²) in [5, 5.41) is 2.96. The Bertz CT molecular complexity index is 990. The smallest absolute Gasteiger partial charge is 0.244 e. The third-order valence-electron chi connectivity index (χ3n) is 4.73. The summed E-state index contributed by atoms with van der Waals surface area (Å²) < 4.78 is 29.7. The Morgan fingerprint density at radius 3 is 2.46 bits per heavy atom. The molecule has 7 heteroatoms. The molecule has 0 saturated heterocycles. The molecule has 1 aromatic heterocycles. The van der Waals surface area contributed by atoms with Crippen LogP contribution in [0.2, 0.25) is 0 Å². The molecule has 0 aliphatic rings. The molecule has 0 aliphatic heterocycles. The highest BCUT2D eigenvalue weighted by Crippen LogP contribution is 2.21. The first-order valence-electron chi connectivity index (χ1n) is 9.03. The van der Waals surface area contributed by atoms with Gasteiger partial charge in [0, 0.05) is 13.1 Å². The van der Waals surface area contributed by atoms with E-state index in [1.165, 1.54) is 28.6 Å². The molecule has 0 bridgehead atoms. The molecule has 2 rings (SSSR count). The summed E-state index contributed by atoms with van der Waals surface area (Å²) in [5.74, 6) is 0.769. The topological polar surface area (TPSA) is 79.6 Å². The zero-order valence-electron chi connectivity index (χ0n) is 17.2. The van der Waals surface area contributed by atoms with E-state index in [-0.39, 0.29) is 18.5 Å². The van der Waals surface area contributed by atoms with Crippen molar-refractivity contribution in [2.75, 3.05) is 13.3 Å². The molecule has 0 spiro atoms. The zero-order chi connectivity index (χ0) is 21.1. The first-order chi connectivity index (χ1) is 13.0. The lowest BCUT2D eigenvalue weighted by atomic mass is 9.96. The minimum atomic E-state index is -3.28. The molecule has 28 heavy (non-hydrogen) atoms. The van der Waals surface area contributed by atoms with Crippen molar-refractivity contribution in [1.82, 2.24) is 9.62 Å². The fraction of sp³-hybridized carbons (Fsp3) is 0.381. The van der Waals surface area contributed by atoms with Crippen LogP contribution in [-0.2, 0) is 21.4 Å². The van der Waals surface area contributed by atoms with Crippen LogP contribution in [0.5, 0.6) is 0 Å². The Morgan fingerprint density at radius 1 is 1.18 bits per heavy atom. The Balaban J connectivity index is 2.00. The van der Waals surface area contributed by atoms with Crippen LogP contribution < -0.4 is 5.32 Å². The predicted octanol–water partition coefficient (Wildman–Crippen LogP) is 3.49. The van der Waals surface area contributed by atoms with Crippen molar-refractivity contribution in [1.29, 1.82) is 0 Å². The molecular weight excluding hydrogens is 376 g/mol. The zero-order valence-corrected chi connectivity index (χ0v) is 18.1. The van der Waals surface area contributed by atoms with Crippen LogP contribution in [0.15, 0.2) is 34.8 Å². The van der Waals surface area contributed by atoms with E-state index in [0.717, 1.165) is 17.4 Å². The summed E-state index contributed by atoms with van der Waals surface area (Å²) in [6.07, 6.45) is 4.12. The minimum Gasteiger partial charge on any atom is -0.460 e. The Hall–Kier alpha value is -2.38. The quantitative estimate of drug-likeness (QED) is 0.717. The summed E-state index contributed by atoms with van der Waals surface area (Å²) in [6.45, 7) is 8.26. The van der Waals surface area contributed by atoms with Crippen LogP contribution in [0.1, 0.15) is 46.7 Å². The molecular formula is C21H28N2O4S. The van der Waals surface area contributed by atoms with Crippen LogP contribution in [-0.4, -0.2) is 31.9 Å². The van der Waals surface area contributed by atoms with Gasteiger partial charge in [0.15, 0.2) is 0 Å². The van der Waals surface area contributed by atoms with Gasteiger partial charge in [0.25, 0.3) is 0 Å². The van der Waals surface area contributed by atoms with Gasteiger partial charge in [-0.2, -0.15) is 4.31 Å². The summed E-state index contributed by atoms with van der Waals surface area (Å²) in [4.78, 5) is 12.3. The second-order valence-corrected chi connectivity index (χ2v) is 9.27. The fourth-order valence-electron chi connectivity index (χ4n) is 2.85. The molecule has 1 N–H and O–H groups in total. The Labute approximate surface area is 167 Å². The summed E-state index contributed by atoms with van der Waals surface area (Å²) >= 11 is 0. The van der Waals surface area contributed by atoms with Crippen molar-refractivity contribution in [3.05, 3.63) is 64.1 Å². The maximum Gasteiger partial charge on any atom is 0.244 e. The van der Waals surface area contributed by atoms with Crippen molar-refractivity contribution in [2.24, 2.45) is 0 Å². The van der Waals surface area contributed by atoms with Crippen molar-refractivity contribution in [3.63, 3.8) is 0 Å². The van der Waals surface area contributed by atoms with Crippen LogP contribution in [0.3, 0.4) is 0 Å². The lowest BCUT2D eigenvalue weighted by molar-refractivity contribution is -0.117. The first-order valence-corrected chi connectivity index (χ1v) is 10.9. The third kappa shape index (κ3) is 5.81. The average molecular weight is 405 g/mol. The molecule has 152 valence electrons. The second kappa shape index (κ2) is 8.75. The predicted molar refractivity (Wildman–Crippen MR) is 111 cm³/mol. The molecule has 1 heterocycles. The van der Waals surface area contributed by atoms with E-state index in [4.69, 9.17) is 4.42 Å². The highest BCUT2D eigenvalue weighted by Gasteiger charge is 2.14. The number of benzene rings is 1. The van der Waals surface area contributed by atoms with Gasteiger partial charge in [-0.25, -0.2) is 8.42 Å². The van der Waals surface area contributed by atoms with Gasteiger partial charge in [-0.05, 0) is 68.2 Å². The Kier molecular flexibility index (Phi) is 6.85. The van der Waals surface area contributed by atoms with E-state index in [1.807, 2.05) is 13.8 Å². The monoisotopic (exact) mass is 404 g/mol. The van der Waals surface area contributed by atoms with E-state index < -0.39 is 10.0 Å². The maximum atomic E-state index is 12.3. The normalized spacial score (nSPS) is 13.2. The molecule has 1 amide bonds. The number of sulfonamides is 1. The molecule has 6 nitrogen and oxygen atoms in total. The molecule has 0 unspecified atom stereocenters. The number of furan rings is 1. The molecule has 0 saturated carbocycles. The van der Waals surface area contributed by atoms with Crippen LogP contribution in [0, 0.1) is 20.8 Å². The van der Waals surface area contributed by atoms with Crippen LogP contribution >= 0.6 is 0 Å². The molecule has 0 radical (unpaired) electrons. The van der Waals surface area contributed by atoms with E-state index in [2.05, 4.69) is 31.3 Å². The summed E-state index contributed by atoms with van der Waals surface area (Å²) in [7, 11) is -1.79. The molecule has 0 fully saturated rings. The summed E-state index contributed by atoms with van der Waals surface area (Å²) in [6, 6.07) is 7.51. The lowest BCUT2D eigenvalue weighted by Gasteiger charge is -2.17. The standard InChI is InChI=1S/C21H28N2O4S/c1-14-11-16(3)20(12-15(14)2)17(4)22-21(24)10-9-18-7-8-19(27-18)13-23(5)28(6,25)26/h7-12,17H,13H2,1-6H3,(H,22,24)/b10-9+/t17-/m0/s1. The van der Waals surface area contributed by atoms with Crippen molar-refractivity contribution in [3.8, 4) is 0 Å². The maximum absolute atomic E-state index is 12.3. The number of carbonyl (C=O) groups is 1. The third-order valence-corrected chi connectivity index (χ3v) is 6.00. The fourth-order valence-corrected chi connectivity index (χ4v) is 3.21. The van der Waals surface area contributed by atoms with E-state index >= 15 is 0 Å². The molecule has 1 atom stereocenters. The number of hydrogen-bond acceptors (Lipinski definition) is 4. The number of hydrogen-bond donors (Lipinski definition) is 1. The molecule has 2 aromatic rings. The largest absolute Gasteiger partial charge is 0.460 e. The van der Waals surface area contributed by atoms with Gasteiger partial charge in [-0.1, -0.05) is 12.1 Å². The van der Waals surface area contributed by atoms with Gasteiger partial charge in [-0.3, -0.25) is 4.79 Å². The highest BCUT2D eigenvalue weighted by atomic mass is 32.2. The van der Waals surface area contributed by atoms with Gasteiger partial charge in [-0.15, -0.1) is 0 Å².